The highest BCUT2D eigenvalue weighted by atomic mass is 32.2. The first-order chi connectivity index (χ1) is 7.69. The Morgan fingerprint density at radius 1 is 1.41 bits per heavy atom. The predicted molar refractivity (Wildman–Crippen MR) is 58.6 cm³/mol. The van der Waals surface area contributed by atoms with Gasteiger partial charge in [0, 0.05) is 7.05 Å². The molecule has 0 bridgehead atoms. The summed E-state index contributed by atoms with van der Waals surface area (Å²) in [4.78, 5) is 22.6. The van der Waals surface area contributed by atoms with Crippen molar-refractivity contribution >= 4 is 20.9 Å². The molecule has 0 saturated carbocycles. The number of rotatable bonds is 3. The maximum absolute atomic E-state index is 11.8. The summed E-state index contributed by atoms with van der Waals surface area (Å²) in [5.74, 6) is -1.39. The predicted octanol–water partition coefficient (Wildman–Crippen LogP) is 0.0817. The molecule has 0 aliphatic heterocycles. The third kappa shape index (κ3) is 2.21. The van der Waals surface area contributed by atoms with E-state index in [2.05, 4.69) is 5.10 Å². The third-order valence-electron chi connectivity index (χ3n) is 2.24. The van der Waals surface area contributed by atoms with Crippen molar-refractivity contribution in [3.8, 4) is 0 Å². The van der Waals surface area contributed by atoms with Crippen LogP contribution in [0.15, 0.2) is 6.20 Å². The molecule has 0 amide bonds. The van der Waals surface area contributed by atoms with E-state index in [9.17, 15) is 18.0 Å². The topological polar surface area (TPSA) is 106 Å². The minimum atomic E-state index is -4.04. The molecular weight excluding hydrogens is 248 g/mol. The Hall–Kier alpha value is -1.70. The molecule has 0 unspecified atom stereocenters. The summed E-state index contributed by atoms with van der Waals surface area (Å²) in [6.45, 7) is 2.70. The van der Waals surface area contributed by atoms with Gasteiger partial charge in [-0.2, -0.15) is 5.10 Å². The Kier molecular flexibility index (Phi) is 3.37. The van der Waals surface area contributed by atoms with Crippen molar-refractivity contribution in [3.05, 3.63) is 17.5 Å². The summed E-state index contributed by atoms with van der Waals surface area (Å²) >= 11 is 0. The molecule has 1 aromatic heterocycles. The van der Waals surface area contributed by atoms with Crippen molar-refractivity contribution in [2.45, 2.75) is 19.1 Å². The maximum atomic E-state index is 11.8. The lowest BCUT2D eigenvalue weighted by Gasteiger charge is -2.07. The van der Waals surface area contributed by atoms with Gasteiger partial charge in [0.05, 0.1) is 11.4 Å². The maximum Gasteiger partial charge on any atom is 0.339 e. The SMILES string of the molecule is CC(C)S(=O)(=O)C(=O)c1c(C(=O)O)cnn1C. The van der Waals surface area contributed by atoms with Crippen LogP contribution in [0.2, 0.25) is 0 Å². The third-order valence-corrected chi connectivity index (χ3v) is 4.19. The van der Waals surface area contributed by atoms with E-state index in [1.807, 2.05) is 0 Å². The van der Waals surface area contributed by atoms with Crippen molar-refractivity contribution in [1.82, 2.24) is 9.78 Å². The Balaban J connectivity index is 3.41. The van der Waals surface area contributed by atoms with Gasteiger partial charge in [-0.1, -0.05) is 0 Å². The van der Waals surface area contributed by atoms with Crippen molar-refractivity contribution in [2.24, 2.45) is 7.05 Å². The van der Waals surface area contributed by atoms with Crippen LogP contribution in [0.25, 0.3) is 0 Å². The molecule has 1 N–H and O–H groups in total. The van der Waals surface area contributed by atoms with Gasteiger partial charge in [0.15, 0.2) is 0 Å². The average Bonchev–Trinajstić information content (AvgIpc) is 2.58. The normalized spacial score (nSPS) is 11.8. The van der Waals surface area contributed by atoms with Crippen LogP contribution in [0.5, 0.6) is 0 Å². The summed E-state index contributed by atoms with van der Waals surface area (Å²) in [7, 11) is -2.73. The Bertz CT molecular complexity index is 570. The molecule has 94 valence electrons. The quantitative estimate of drug-likeness (QED) is 0.825. The van der Waals surface area contributed by atoms with Gasteiger partial charge in [0.2, 0.25) is 9.84 Å². The lowest BCUT2D eigenvalue weighted by Crippen LogP contribution is -2.27. The zero-order chi connectivity index (χ0) is 13.4. The highest BCUT2D eigenvalue weighted by molar-refractivity contribution is 8.07. The largest absolute Gasteiger partial charge is 0.478 e. The number of nitrogens with zero attached hydrogens (tertiary/aromatic N) is 2. The summed E-state index contributed by atoms with van der Waals surface area (Å²) < 4.78 is 24.3. The van der Waals surface area contributed by atoms with Crippen molar-refractivity contribution in [1.29, 1.82) is 0 Å². The number of aryl methyl sites for hydroxylation is 1. The van der Waals surface area contributed by atoms with E-state index >= 15 is 0 Å². The molecule has 0 aliphatic carbocycles. The molecule has 0 atom stereocenters. The monoisotopic (exact) mass is 260 g/mol. The molecule has 0 aromatic carbocycles. The fraction of sp³-hybridized carbons (Fsp3) is 0.444. The molecule has 7 nitrogen and oxygen atoms in total. The Morgan fingerprint density at radius 2 is 1.94 bits per heavy atom. The number of aromatic nitrogens is 2. The van der Waals surface area contributed by atoms with Crippen molar-refractivity contribution < 1.29 is 23.1 Å². The minimum absolute atomic E-state index is 0.415. The molecule has 17 heavy (non-hydrogen) atoms. The zero-order valence-corrected chi connectivity index (χ0v) is 10.4. The first-order valence-electron chi connectivity index (χ1n) is 4.73. The molecule has 0 spiro atoms. The number of carbonyl (C=O) groups excluding carboxylic acids is 1. The van der Waals surface area contributed by atoms with E-state index < -0.39 is 37.4 Å². The number of carboxylic acid groups (broad SMARTS) is 1. The summed E-state index contributed by atoms with van der Waals surface area (Å²) in [5.41, 5.74) is -0.840. The van der Waals surface area contributed by atoms with Crippen LogP contribution < -0.4 is 0 Å². The minimum Gasteiger partial charge on any atom is -0.478 e. The summed E-state index contributed by atoms with van der Waals surface area (Å²) in [6, 6.07) is 0. The van der Waals surface area contributed by atoms with E-state index in [4.69, 9.17) is 5.11 Å². The van der Waals surface area contributed by atoms with Gasteiger partial charge in [0.25, 0.3) is 5.12 Å². The van der Waals surface area contributed by atoms with E-state index in [-0.39, 0.29) is 0 Å². The molecule has 0 radical (unpaired) electrons. The fourth-order valence-corrected chi connectivity index (χ4v) is 2.12. The molecule has 0 saturated heterocycles. The van der Waals surface area contributed by atoms with E-state index in [0.29, 0.717) is 0 Å². The van der Waals surface area contributed by atoms with Crippen LogP contribution in [-0.4, -0.2) is 39.6 Å². The number of carboxylic acids is 1. The Morgan fingerprint density at radius 3 is 2.35 bits per heavy atom. The van der Waals surface area contributed by atoms with Gasteiger partial charge in [-0.25, -0.2) is 13.2 Å². The van der Waals surface area contributed by atoms with Gasteiger partial charge in [-0.15, -0.1) is 0 Å². The molecule has 0 fully saturated rings. The summed E-state index contributed by atoms with van der Waals surface area (Å²) in [5, 5.41) is 10.3. The zero-order valence-electron chi connectivity index (χ0n) is 9.54. The van der Waals surface area contributed by atoms with E-state index in [0.717, 1.165) is 10.9 Å². The van der Waals surface area contributed by atoms with Crippen LogP contribution in [0.3, 0.4) is 0 Å². The summed E-state index contributed by atoms with van der Waals surface area (Å²) in [6.07, 6.45) is 0.950. The second-order valence-corrected chi connectivity index (χ2v) is 6.12. The van der Waals surface area contributed by atoms with Crippen LogP contribution in [0.1, 0.15) is 34.7 Å². The fourth-order valence-electron chi connectivity index (χ4n) is 1.18. The number of hydrogen-bond donors (Lipinski definition) is 1. The number of sulfone groups is 1. The molecular formula is C9H12N2O5S. The van der Waals surface area contributed by atoms with Gasteiger partial charge in [-0.05, 0) is 13.8 Å². The van der Waals surface area contributed by atoms with Crippen molar-refractivity contribution in [3.63, 3.8) is 0 Å². The molecule has 0 aliphatic rings. The van der Waals surface area contributed by atoms with Gasteiger partial charge in [0.1, 0.15) is 11.3 Å². The first kappa shape index (κ1) is 13.4. The van der Waals surface area contributed by atoms with Crippen LogP contribution >= 0.6 is 0 Å². The van der Waals surface area contributed by atoms with Crippen LogP contribution in [0, 0.1) is 0 Å². The molecule has 1 heterocycles. The van der Waals surface area contributed by atoms with Gasteiger partial charge in [-0.3, -0.25) is 9.48 Å². The highest BCUT2D eigenvalue weighted by Crippen LogP contribution is 2.15. The van der Waals surface area contributed by atoms with E-state index in [1.165, 1.54) is 20.9 Å². The second-order valence-electron chi connectivity index (χ2n) is 3.72. The molecule has 1 aromatic rings. The molecule has 1 rings (SSSR count). The second kappa shape index (κ2) is 4.28. The van der Waals surface area contributed by atoms with Gasteiger partial charge >= 0.3 is 5.97 Å². The number of carbonyl (C=O) groups is 2. The standard InChI is InChI=1S/C9H12N2O5S/c1-5(2)17(15,16)9(14)7-6(8(12)13)4-10-11(7)3/h4-5H,1-3H3,(H,12,13). The number of hydrogen-bond acceptors (Lipinski definition) is 5. The lowest BCUT2D eigenvalue weighted by molar-refractivity contribution is 0.0693. The smallest absolute Gasteiger partial charge is 0.339 e. The Labute approximate surface area is 98.0 Å². The number of aromatic carboxylic acids is 1. The average molecular weight is 260 g/mol. The van der Waals surface area contributed by atoms with E-state index in [1.54, 1.807) is 0 Å². The van der Waals surface area contributed by atoms with Crippen LogP contribution in [-0.2, 0) is 16.9 Å². The van der Waals surface area contributed by atoms with Gasteiger partial charge < -0.3 is 5.11 Å². The highest BCUT2D eigenvalue weighted by Gasteiger charge is 2.33. The van der Waals surface area contributed by atoms with Crippen LogP contribution in [0.4, 0.5) is 0 Å². The lowest BCUT2D eigenvalue weighted by atomic mass is 10.2. The first-order valence-corrected chi connectivity index (χ1v) is 6.27. The van der Waals surface area contributed by atoms with Crippen molar-refractivity contribution in [2.75, 3.05) is 0 Å². The molecule has 8 heteroatoms.